The highest BCUT2D eigenvalue weighted by Crippen LogP contribution is 2.34. The first-order valence-corrected chi connectivity index (χ1v) is 9.25. The summed E-state index contributed by atoms with van der Waals surface area (Å²) in [4.78, 5) is 2.59. The predicted octanol–water partition coefficient (Wildman–Crippen LogP) is 4.28. The highest BCUT2D eigenvalue weighted by Gasteiger charge is 2.26. The molecule has 0 spiro atoms. The average molecular weight is 347 g/mol. The molecule has 0 amide bonds. The number of methoxy groups -OCH3 is 1. The molecule has 1 aromatic heterocycles. The van der Waals surface area contributed by atoms with Gasteiger partial charge in [-0.25, -0.2) is 0 Å². The normalized spacial score (nSPS) is 17.5. The van der Waals surface area contributed by atoms with Gasteiger partial charge in [-0.2, -0.15) is 5.10 Å². The molecular formula is C22H25N3O. The largest absolute Gasteiger partial charge is 0.497 e. The summed E-state index contributed by atoms with van der Waals surface area (Å²) in [5, 5.41) is 4.31. The van der Waals surface area contributed by atoms with E-state index < -0.39 is 0 Å². The number of likely N-dealkylation sites (tertiary alicyclic amines) is 1. The third-order valence-electron chi connectivity index (χ3n) is 5.12. The smallest absolute Gasteiger partial charge is 0.119 e. The highest BCUT2D eigenvalue weighted by atomic mass is 16.5. The molecule has 0 saturated carbocycles. The van der Waals surface area contributed by atoms with Crippen LogP contribution in [0.25, 0.3) is 0 Å². The molecule has 0 aliphatic carbocycles. The van der Waals surface area contributed by atoms with Gasteiger partial charge in [0.1, 0.15) is 5.75 Å². The van der Waals surface area contributed by atoms with E-state index in [4.69, 9.17) is 4.74 Å². The monoisotopic (exact) mass is 347 g/mol. The number of ether oxygens (including phenoxy) is 1. The molecule has 0 radical (unpaired) electrons. The minimum absolute atomic E-state index is 0.472. The fraction of sp³-hybridized carbons (Fsp3) is 0.318. The van der Waals surface area contributed by atoms with Crippen LogP contribution < -0.4 is 4.74 Å². The lowest BCUT2D eigenvalue weighted by Crippen LogP contribution is -2.22. The third-order valence-corrected chi connectivity index (χ3v) is 5.12. The molecule has 0 N–H and O–H groups in total. The van der Waals surface area contributed by atoms with E-state index in [2.05, 4.69) is 52.5 Å². The van der Waals surface area contributed by atoms with Crippen molar-refractivity contribution in [1.29, 1.82) is 0 Å². The summed E-state index contributed by atoms with van der Waals surface area (Å²) in [5.74, 6) is 0.940. The quantitative estimate of drug-likeness (QED) is 0.667. The van der Waals surface area contributed by atoms with Gasteiger partial charge in [-0.1, -0.05) is 36.4 Å². The summed E-state index contributed by atoms with van der Waals surface area (Å²) in [6.45, 7) is 2.94. The topological polar surface area (TPSA) is 30.3 Å². The van der Waals surface area contributed by atoms with Crippen LogP contribution in [-0.2, 0) is 13.1 Å². The Morgan fingerprint density at radius 2 is 1.88 bits per heavy atom. The van der Waals surface area contributed by atoms with Gasteiger partial charge in [0.25, 0.3) is 0 Å². The van der Waals surface area contributed by atoms with E-state index in [1.54, 1.807) is 7.11 Å². The van der Waals surface area contributed by atoms with E-state index in [1.165, 1.54) is 29.5 Å². The lowest BCUT2D eigenvalue weighted by Gasteiger charge is -2.25. The van der Waals surface area contributed by atoms with E-state index in [9.17, 15) is 0 Å². The second-order valence-corrected chi connectivity index (χ2v) is 6.93. The Hall–Kier alpha value is -2.59. The lowest BCUT2D eigenvalue weighted by atomic mass is 10.0. The van der Waals surface area contributed by atoms with Gasteiger partial charge in [-0.15, -0.1) is 0 Å². The fourth-order valence-corrected chi connectivity index (χ4v) is 3.88. The first kappa shape index (κ1) is 16.9. The molecule has 0 bridgehead atoms. The fourth-order valence-electron chi connectivity index (χ4n) is 3.88. The number of rotatable bonds is 6. The van der Waals surface area contributed by atoms with Gasteiger partial charge < -0.3 is 4.74 Å². The molecule has 26 heavy (non-hydrogen) atoms. The van der Waals surface area contributed by atoms with E-state index in [0.29, 0.717) is 6.04 Å². The van der Waals surface area contributed by atoms with Gasteiger partial charge in [0.15, 0.2) is 0 Å². The van der Waals surface area contributed by atoms with E-state index in [0.717, 1.165) is 25.4 Å². The second kappa shape index (κ2) is 7.75. The van der Waals surface area contributed by atoms with Crippen LogP contribution in [0.3, 0.4) is 0 Å². The summed E-state index contributed by atoms with van der Waals surface area (Å²) in [7, 11) is 1.73. The van der Waals surface area contributed by atoms with Crippen molar-refractivity contribution in [2.75, 3.05) is 13.7 Å². The number of aromatic nitrogens is 2. The van der Waals surface area contributed by atoms with Gasteiger partial charge in [0, 0.05) is 25.0 Å². The van der Waals surface area contributed by atoms with Crippen LogP contribution in [0.15, 0.2) is 67.0 Å². The van der Waals surface area contributed by atoms with Crippen LogP contribution in [-0.4, -0.2) is 28.3 Å². The average Bonchev–Trinajstić information content (AvgIpc) is 3.34. The number of hydrogen-bond donors (Lipinski definition) is 0. The summed E-state index contributed by atoms with van der Waals surface area (Å²) in [5.41, 5.74) is 4.02. The Labute approximate surface area is 155 Å². The molecule has 3 aromatic rings. The van der Waals surface area contributed by atoms with Crippen molar-refractivity contribution in [3.8, 4) is 5.75 Å². The SMILES string of the molecule is COc1cccc(C2CCCN2Cc2cccc(Cn3cccn3)c2)c1. The summed E-state index contributed by atoms with van der Waals surface area (Å²) >= 11 is 0. The van der Waals surface area contributed by atoms with Gasteiger partial charge in [-0.3, -0.25) is 9.58 Å². The summed E-state index contributed by atoms with van der Waals surface area (Å²) < 4.78 is 7.37. The zero-order chi connectivity index (χ0) is 17.8. The first-order valence-electron chi connectivity index (χ1n) is 9.25. The minimum Gasteiger partial charge on any atom is -0.497 e. The Bertz CT molecular complexity index is 844. The number of nitrogens with zero attached hydrogens (tertiary/aromatic N) is 3. The van der Waals surface area contributed by atoms with Crippen molar-refractivity contribution < 1.29 is 4.74 Å². The Morgan fingerprint density at radius 3 is 2.69 bits per heavy atom. The summed E-state index contributed by atoms with van der Waals surface area (Å²) in [6.07, 6.45) is 6.29. The van der Waals surface area contributed by atoms with Gasteiger partial charge in [-0.05, 0) is 54.3 Å². The number of hydrogen-bond acceptors (Lipinski definition) is 3. The van der Waals surface area contributed by atoms with Crippen LogP contribution in [0.5, 0.6) is 5.75 Å². The number of benzene rings is 2. The summed E-state index contributed by atoms with van der Waals surface area (Å²) in [6, 6.07) is 19.8. The van der Waals surface area contributed by atoms with Gasteiger partial charge in [0.2, 0.25) is 0 Å². The van der Waals surface area contributed by atoms with Crippen molar-refractivity contribution in [3.63, 3.8) is 0 Å². The Balaban J connectivity index is 1.49. The Morgan fingerprint density at radius 1 is 1.04 bits per heavy atom. The first-order chi connectivity index (χ1) is 12.8. The minimum atomic E-state index is 0.472. The van der Waals surface area contributed by atoms with Crippen LogP contribution in [0.4, 0.5) is 0 Å². The molecule has 2 heterocycles. The van der Waals surface area contributed by atoms with Crippen LogP contribution in [0.2, 0.25) is 0 Å². The molecule has 4 heteroatoms. The zero-order valence-corrected chi connectivity index (χ0v) is 15.2. The van der Waals surface area contributed by atoms with Gasteiger partial charge >= 0.3 is 0 Å². The van der Waals surface area contributed by atoms with Crippen LogP contribution in [0.1, 0.15) is 35.6 Å². The van der Waals surface area contributed by atoms with Gasteiger partial charge in [0.05, 0.1) is 13.7 Å². The molecular weight excluding hydrogens is 322 g/mol. The molecule has 1 saturated heterocycles. The predicted molar refractivity (Wildman–Crippen MR) is 103 cm³/mol. The van der Waals surface area contributed by atoms with Crippen LogP contribution >= 0.6 is 0 Å². The van der Waals surface area contributed by atoms with Crippen molar-refractivity contribution in [2.24, 2.45) is 0 Å². The maximum Gasteiger partial charge on any atom is 0.119 e. The van der Waals surface area contributed by atoms with Crippen molar-refractivity contribution in [2.45, 2.75) is 32.0 Å². The van der Waals surface area contributed by atoms with E-state index in [1.807, 2.05) is 29.2 Å². The third kappa shape index (κ3) is 3.81. The maximum absolute atomic E-state index is 5.41. The standard InChI is InChI=1S/C22H25N3O/c1-26-21-9-3-8-20(15-21)22-10-4-12-24(22)16-18-6-2-7-19(14-18)17-25-13-5-11-23-25/h2-3,5-9,11,13-15,22H,4,10,12,16-17H2,1H3. The molecule has 1 fully saturated rings. The highest BCUT2D eigenvalue weighted by molar-refractivity contribution is 5.31. The molecule has 4 rings (SSSR count). The van der Waals surface area contributed by atoms with Crippen LogP contribution in [0, 0.1) is 0 Å². The molecule has 1 aliphatic heterocycles. The zero-order valence-electron chi connectivity index (χ0n) is 15.2. The molecule has 2 aromatic carbocycles. The molecule has 134 valence electrons. The molecule has 1 atom stereocenters. The molecule has 4 nitrogen and oxygen atoms in total. The van der Waals surface area contributed by atoms with E-state index in [-0.39, 0.29) is 0 Å². The lowest BCUT2D eigenvalue weighted by molar-refractivity contribution is 0.248. The van der Waals surface area contributed by atoms with Crippen molar-refractivity contribution in [3.05, 3.63) is 83.7 Å². The second-order valence-electron chi connectivity index (χ2n) is 6.93. The van der Waals surface area contributed by atoms with E-state index >= 15 is 0 Å². The Kier molecular flexibility index (Phi) is 5.02. The molecule has 1 aliphatic rings. The molecule has 1 unspecified atom stereocenters. The van der Waals surface area contributed by atoms with Crippen molar-refractivity contribution in [1.82, 2.24) is 14.7 Å². The maximum atomic E-state index is 5.41. The van der Waals surface area contributed by atoms with Crippen molar-refractivity contribution >= 4 is 0 Å².